The highest BCUT2D eigenvalue weighted by Crippen LogP contribution is 2.24. The van der Waals surface area contributed by atoms with Crippen LogP contribution in [-0.2, 0) is 9.47 Å². The summed E-state index contributed by atoms with van der Waals surface area (Å²) in [5.41, 5.74) is 0.0585. The van der Waals surface area contributed by atoms with E-state index in [1.54, 1.807) is 0 Å². The van der Waals surface area contributed by atoms with E-state index in [1.807, 2.05) is 13.8 Å². The van der Waals surface area contributed by atoms with Crippen molar-refractivity contribution in [1.29, 1.82) is 0 Å². The normalized spacial score (nSPS) is 18.6. The molecular formula is C16H23NO5. The number of ether oxygens (including phenoxy) is 2. The number of aromatic hydroxyl groups is 2. The van der Waals surface area contributed by atoms with Crippen LogP contribution in [0, 0.1) is 5.92 Å². The quantitative estimate of drug-likeness (QED) is 0.805. The summed E-state index contributed by atoms with van der Waals surface area (Å²) in [5, 5.41) is 18.9. The molecule has 1 aliphatic heterocycles. The molecule has 1 aromatic rings. The average Bonchev–Trinajstić information content (AvgIpc) is 2.47. The first-order valence-corrected chi connectivity index (χ1v) is 7.50. The third kappa shape index (κ3) is 4.35. The van der Waals surface area contributed by atoms with Crippen LogP contribution in [0.5, 0.6) is 11.5 Å². The summed E-state index contributed by atoms with van der Waals surface area (Å²) in [6.07, 6.45) is -0.274. The van der Waals surface area contributed by atoms with E-state index in [4.69, 9.17) is 9.47 Å². The van der Waals surface area contributed by atoms with Crippen LogP contribution in [0.4, 0.5) is 0 Å². The van der Waals surface area contributed by atoms with Gasteiger partial charge in [0, 0.05) is 31.6 Å². The lowest BCUT2D eigenvalue weighted by Gasteiger charge is -2.31. The van der Waals surface area contributed by atoms with Crippen molar-refractivity contribution in [1.82, 2.24) is 4.90 Å². The van der Waals surface area contributed by atoms with E-state index < -0.39 is 5.97 Å². The molecule has 0 spiro atoms. The second-order valence-corrected chi connectivity index (χ2v) is 5.70. The molecule has 2 unspecified atom stereocenters. The SMILES string of the molecule is CC(CN1CCOCC1)C(C)OC(=O)c1ccc(O)cc1O. The second kappa shape index (κ2) is 7.47. The van der Waals surface area contributed by atoms with E-state index in [9.17, 15) is 15.0 Å². The molecule has 0 bridgehead atoms. The van der Waals surface area contributed by atoms with Gasteiger partial charge in [0.2, 0.25) is 0 Å². The van der Waals surface area contributed by atoms with Crippen LogP contribution < -0.4 is 0 Å². The van der Waals surface area contributed by atoms with Crippen molar-refractivity contribution < 1.29 is 24.5 Å². The Kier molecular flexibility index (Phi) is 5.63. The summed E-state index contributed by atoms with van der Waals surface area (Å²) in [6.45, 7) is 7.97. The zero-order valence-corrected chi connectivity index (χ0v) is 13.0. The number of benzene rings is 1. The van der Waals surface area contributed by atoms with Crippen molar-refractivity contribution >= 4 is 5.97 Å². The monoisotopic (exact) mass is 309 g/mol. The molecule has 2 atom stereocenters. The minimum atomic E-state index is -0.584. The number of hydrogen-bond donors (Lipinski definition) is 2. The van der Waals surface area contributed by atoms with E-state index in [1.165, 1.54) is 12.1 Å². The van der Waals surface area contributed by atoms with Gasteiger partial charge < -0.3 is 19.7 Å². The summed E-state index contributed by atoms with van der Waals surface area (Å²) < 4.78 is 10.7. The smallest absolute Gasteiger partial charge is 0.342 e. The molecule has 0 aliphatic carbocycles. The van der Waals surface area contributed by atoms with Gasteiger partial charge in [-0.1, -0.05) is 6.92 Å². The predicted octanol–water partition coefficient (Wildman–Crippen LogP) is 1.61. The molecule has 1 fully saturated rings. The van der Waals surface area contributed by atoms with Crippen LogP contribution in [0.1, 0.15) is 24.2 Å². The fourth-order valence-corrected chi connectivity index (χ4v) is 2.38. The van der Waals surface area contributed by atoms with Crippen LogP contribution in [0.2, 0.25) is 0 Å². The molecule has 22 heavy (non-hydrogen) atoms. The van der Waals surface area contributed by atoms with E-state index in [0.29, 0.717) is 0 Å². The van der Waals surface area contributed by atoms with Crippen LogP contribution in [-0.4, -0.2) is 60.0 Å². The van der Waals surface area contributed by atoms with Gasteiger partial charge >= 0.3 is 5.97 Å². The van der Waals surface area contributed by atoms with Crippen molar-refractivity contribution in [3.63, 3.8) is 0 Å². The van der Waals surface area contributed by atoms with Crippen LogP contribution in [0.3, 0.4) is 0 Å². The van der Waals surface area contributed by atoms with Gasteiger partial charge in [0.1, 0.15) is 23.2 Å². The third-order valence-corrected chi connectivity index (χ3v) is 3.95. The van der Waals surface area contributed by atoms with Gasteiger partial charge in [-0.25, -0.2) is 4.79 Å². The van der Waals surface area contributed by atoms with Gasteiger partial charge in [-0.3, -0.25) is 4.90 Å². The zero-order valence-electron chi connectivity index (χ0n) is 13.0. The Morgan fingerprint density at radius 2 is 2.00 bits per heavy atom. The summed E-state index contributed by atoms with van der Waals surface area (Å²) in [6, 6.07) is 3.82. The zero-order chi connectivity index (χ0) is 16.1. The fourth-order valence-electron chi connectivity index (χ4n) is 2.38. The first kappa shape index (κ1) is 16.6. The molecule has 0 saturated carbocycles. The number of carbonyl (C=O) groups excluding carboxylic acids is 1. The van der Waals surface area contributed by atoms with Crippen LogP contribution in [0.15, 0.2) is 18.2 Å². The predicted molar refractivity (Wildman–Crippen MR) is 81.1 cm³/mol. The lowest BCUT2D eigenvalue weighted by atomic mass is 10.1. The Labute approximate surface area is 130 Å². The molecule has 0 radical (unpaired) electrons. The van der Waals surface area contributed by atoms with E-state index in [0.717, 1.165) is 38.9 Å². The van der Waals surface area contributed by atoms with Gasteiger partial charge in [-0.2, -0.15) is 0 Å². The summed E-state index contributed by atoms with van der Waals surface area (Å²) in [4.78, 5) is 14.4. The Hall–Kier alpha value is -1.79. The number of morpholine rings is 1. The molecule has 1 heterocycles. The highest BCUT2D eigenvalue weighted by molar-refractivity contribution is 5.92. The van der Waals surface area contributed by atoms with E-state index in [2.05, 4.69) is 4.90 Å². The molecule has 2 rings (SSSR count). The average molecular weight is 309 g/mol. The summed E-state index contributed by atoms with van der Waals surface area (Å²) >= 11 is 0. The third-order valence-electron chi connectivity index (χ3n) is 3.95. The van der Waals surface area contributed by atoms with Gasteiger partial charge in [0.25, 0.3) is 0 Å². The highest BCUT2D eigenvalue weighted by Gasteiger charge is 2.23. The number of phenols is 2. The van der Waals surface area contributed by atoms with Crippen molar-refractivity contribution in [2.24, 2.45) is 5.92 Å². The molecular weight excluding hydrogens is 286 g/mol. The van der Waals surface area contributed by atoms with Crippen molar-refractivity contribution in [2.75, 3.05) is 32.8 Å². The molecule has 1 saturated heterocycles. The van der Waals surface area contributed by atoms with Crippen molar-refractivity contribution in [2.45, 2.75) is 20.0 Å². The van der Waals surface area contributed by atoms with E-state index >= 15 is 0 Å². The molecule has 1 aromatic carbocycles. The fraction of sp³-hybridized carbons (Fsp3) is 0.562. The van der Waals surface area contributed by atoms with Crippen molar-refractivity contribution in [3.8, 4) is 11.5 Å². The van der Waals surface area contributed by atoms with Gasteiger partial charge in [-0.15, -0.1) is 0 Å². The molecule has 1 aliphatic rings. The first-order chi connectivity index (χ1) is 10.5. The van der Waals surface area contributed by atoms with Gasteiger partial charge in [-0.05, 0) is 19.1 Å². The number of nitrogens with zero attached hydrogens (tertiary/aromatic N) is 1. The maximum absolute atomic E-state index is 12.1. The molecule has 6 heteroatoms. The Balaban J connectivity index is 1.89. The highest BCUT2D eigenvalue weighted by atomic mass is 16.5. The van der Waals surface area contributed by atoms with E-state index in [-0.39, 0.29) is 29.1 Å². The minimum Gasteiger partial charge on any atom is -0.508 e. The summed E-state index contributed by atoms with van der Waals surface area (Å²) in [7, 11) is 0. The molecule has 0 aromatic heterocycles. The number of rotatable bonds is 5. The Morgan fingerprint density at radius 1 is 1.32 bits per heavy atom. The Morgan fingerprint density at radius 3 is 2.64 bits per heavy atom. The van der Waals surface area contributed by atoms with Gasteiger partial charge in [0.05, 0.1) is 13.2 Å². The second-order valence-electron chi connectivity index (χ2n) is 5.70. The largest absolute Gasteiger partial charge is 0.508 e. The van der Waals surface area contributed by atoms with Crippen molar-refractivity contribution in [3.05, 3.63) is 23.8 Å². The molecule has 0 amide bonds. The molecule has 6 nitrogen and oxygen atoms in total. The van der Waals surface area contributed by atoms with Gasteiger partial charge in [0.15, 0.2) is 0 Å². The first-order valence-electron chi connectivity index (χ1n) is 7.50. The standard InChI is InChI=1S/C16H23NO5/c1-11(10-17-5-7-21-8-6-17)12(2)22-16(20)14-4-3-13(18)9-15(14)19/h3-4,9,11-12,18-19H,5-8,10H2,1-2H3. The maximum Gasteiger partial charge on any atom is 0.342 e. The molecule has 122 valence electrons. The van der Waals surface area contributed by atoms with Crippen LogP contribution in [0.25, 0.3) is 0 Å². The Bertz CT molecular complexity index is 513. The van der Waals surface area contributed by atoms with Crippen LogP contribution >= 0.6 is 0 Å². The number of hydrogen-bond acceptors (Lipinski definition) is 6. The number of carbonyl (C=O) groups is 1. The number of phenolic OH excluding ortho intramolecular Hbond substituents is 2. The minimum absolute atomic E-state index is 0.0585. The lowest BCUT2D eigenvalue weighted by Crippen LogP contribution is -2.41. The topological polar surface area (TPSA) is 79.2 Å². The number of esters is 1. The lowest BCUT2D eigenvalue weighted by molar-refractivity contribution is 0.000288. The summed E-state index contributed by atoms with van der Waals surface area (Å²) in [5.74, 6) is -0.791. The molecule has 2 N–H and O–H groups in total. The maximum atomic E-state index is 12.1.